The first-order valence-electron chi connectivity index (χ1n) is 6.23. The maximum atomic E-state index is 12.2. The minimum Gasteiger partial charge on any atom is -0.497 e. The number of ketones is 1. The van der Waals surface area contributed by atoms with Gasteiger partial charge in [-0.1, -0.05) is 12.8 Å². The maximum absolute atomic E-state index is 12.2. The van der Waals surface area contributed by atoms with Crippen LogP contribution in [-0.2, 0) is 0 Å². The number of methoxy groups -OCH3 is 1. The minimum atomic E-state index is -0.00843. The molecule has 1 aliphatic heterocycles. The fraction of sp³-hybridized carbons (Fsp3) is 0.500. The lowest BCUT2D eigenvalue weighted by atomic mass is 10.0. The molecule has 17 heavy (non-hydrogen) atoms. The van der Waals surface area contributed by atoms with Crippen LogP contribution in [0.25, 0.3) is 0 Å². The molecule has 3 heteroatoms. The number of ether oxygens (including phenoxy) is 1. The Bertz CT molecular complexity index is 364. The van der Waals surface area contributed by atoms with Crippen LogP contribution in [-0.4, -0.2) is 25.5 Å². The molecule has 0 bridgehead atoms. The maximum Gasteiger partial charge on any atom is 0.179 e. The lowest BCUT2D eigenvalue weighted by molar-refractivity contribution is 0.0940. The first-order chi connectivity index (χ1) is 8.31. The Labute approximate surface area is 102 Å². The van der Waals surface area contributed by atoms with E-state index in [2.05, 4.69) is 5.32 Å². The molecule has 1 fully saturated rings. The summed E-state index contributed by atoms with van der Waals surface area (Å²) >= 11 is 0. The Balaban J connectivity index is 2.06. The zero-order chi connectivity index (χ0) is 12.1. The molecule has 0 saturated carbocycles. The number of Topliss-reactive ketones (excluding diaryl/α,β-unsaturated/α-hetero) is 1. The number of hydrogen-bond donors (Lipinski definition) is 1. The Hall–Kier alpha value is -1.35. The molecule has 1 aromatic rings. The summed E-state index contributed by atoms with van der Waals surface area (Å²) in [5.41, 5.74) is 0.769. The van der Waals surface area contributed by atoms with Crippen molar-refractivity contribution in [1.82, 2.24) is 5.32 Å². The molecule has 1 N–H and O–H groups in total. The minimum absolute atomic E-state index is 0.00843. The number of rotatable bonds is 3. The Morgan fingerprint density at radius 1 is 1.24 bits per heavy atom. The summed E-state index contributed by atoms with van der Waals surface area (Å²) < 4.78 is 5.09. The van der Waals surface area contributed by atoms with Gasteiger partial charge in [-0.3, -0.25) is 4.79 Å². The van der Waals surface area contributed by atoms with E-state index in [0.29, 0.717) is 0 Å². The third kappa shape index (κ3) is 3.07. The van der Waals surface area contributed by atoms with Crippen molar-refractivity contribution in [3.05, 3.63) is 29.8 Å². The molecule has 1 heterocycles. The van der Waals surface area contributed by atoms with E-state index in [9.17, 15) is 4.79 Å². The van der Waals surface area contributed by atoms with Crippen molar-refractivity contribution in [1.29, 1.82) is 0 Å². The molecule has 0 aliphatic carbocycles. The molecule has 1 saturated heterocycles. The average molecular weight is 233 g/mol. The number of nitrogens with one attached hydrogen (secondary N) is 1. The molecule has 92 valence electrons. The van der Waals surface area contributed by atoms with Gasteiger partial charge in [-0.2, -0.15) is 0 Å². The first kappa shape index (κ1) is 12.1. The molecular formula is C14H19NO2. The van der Waals surface area contributed by atoms with E-state index >= 15 is 0 Å². The van der Waals surface area contributed by atoms with E-state index in [4.69, 9.17) is 4.74 Å². The highest BCUT2D eigenvalue weighted by Gasteiger charge is 2.20. The number of hydrogen-bond acceptors (Lipinski definition) is 3. The van der Waals surface area contributed by atoms with Crippen LogP contribution >= 0.6 is 0 Å². The van der Waals surface area contributed by atoms with Crippen LogP contribution in [0.5, 0.6) is 5.75 Å². The summed E-state index contributed by atoms with van der Waals surface area (Å²) in [6.45, 7) is 0.951. The van der Waals surface area contributed by atoms with Crippen molar-refractivity contribution in [2.45, 2.75) is 31.7 Å². The van der Waals surface area contributed by atoms with Gasteiger partial charge >= 0.3 is 0 Å². The van der Waals surface area contributed by atoms with Crippen molar-refractivity contribution in [3.63, 3.8) is 0 Å². The van der Waals surface area contributed by atoms with E-state index in [1.807, 2.05) is 24.3 Å². The summed E-state index contributed by atoms with van der Waals surface area (Å²) in [5, 5.41) is 3.33. The number of carbonyl (C=O) groups is 1. The highest BCUT2D eigenvalue weighted by molar-refractivity contribution is 6.00. The van der Waals surface area contributed by atoms with Crippen LogP contribution in [0.1, 0.15) is 36.0 Å². The van der Waals surface area contributed by atoms with E-state index in [-0.39, 0.29) is 11.8 Å². The van der Waals surface area contributed by atoms with Crippen LogP contribution in [0.2, 0.25) is 0 Å². The third-order valence-corrected chi connectivity index (χ3v) is 3.25. The van der Waals surface area contributed by atoms with Crippen molar-refractivity contribution in [2.24, 2.45) is 0 Å². The predicted octanol–water partition coefficient (Wildman–Crippen LogP) is 2.41. The fourth-order valence-electron chi connectivity index (χ4n) is 2.21. The molecule has 1 aliphatic rings. The molecule has 0 spiro atoms. The van der Waals surface area contributed by atoms with Gasteiger partial charge in [0, 0.05) is 5.56 Å². The van der Waals surface area contributed by atoms with Crippen molar-refractivity contribution in [3.8, 4) is 5.75 Å². The second-order valence-electron chi connectivity index (χ2n) is 4.45. The summed E-state index contributed by atoms with van der Waals surface area (Å²) in [6, 6.07) is 7.35. The smallest absolute Gasteiger partial charge is 0.179 e. The first-order valence-corrected chi connectivity index (χ1v) is 6.23. The third-order valence-electron chi connectivity index (χ3n) is 3.25. The second kappa shape index (κ2) is 5.82. The second-order valence-corrected chi connectivity index (χ2v) is 4.45. The highest BCUT2D eigenvalue weighted by Crippen LogP contribution is 2.16. The van der Waals surface area contributed by atoms with Crippen LogP contribution < -0.4 is 10.1 Å². The molecule has 1 aromatic carbocycles. The Morgan fingerprint density at radius 3 is 2.71 bits per heavy atom. The van der Waals surface area contributed by atoms with Gasteiger partial charge in [0.15, 0.2) is 5.78 Å². The van der Waals surface area contributed by atoms with Crippen molar-refractivity contribution >= 4 is 5.78 Å². The lowest BCUT2D eigenvalue weighted by Gasteiger charge is -2.14. The van der Waals surface area contributed by atoms with Gasteiger partial charge in [0.25, 0.3) is 0 Å². The zero-order valence-corrected chi connectivity index (χ0v) is 10.2. The standard InChI is InChI=1S/C14H19NO2/c1-17-12-8-6-11(7-9-12)14(16)13-5-3-2-4-10-15-13/h6-9,13,15H,2-5,10H2,1H3. The quantitative estimate of drug-likeness (QED) is 0.815. The van der Waals surface area contributed by atoms with Gasteiger partial charge in [0.1, 0.15) is 5.75 Å². The fourth-order valence-corrected chi connectivity index (χ4v) is 2.21. The molecule has 2 rings (SSSR count). The normalized spacial score (nSPS) is 20.6. The molecular weight excluding hydrogens is 214 g/mol. The van der Waals surface area contributed by atoms with Crippen LogP contribution in [0, 0.1) is 0 Å². The van der Waals surface area contributed by atoms with Gasteiger partial charge in [0.05, 0.1) is 13.2 Å². The number of benzene rings is 1. The molecule has 3 nitrogen and oxygen atoms in total. The summed E-state index contributed by atoms with van der Waals surface area (Å²) in [6.07, 6.45) is 4.48. The van der Waals surface area contributed by atoms with Crippen LogP contribution in [0.3, 0.4) is 0 Å². The Morgan fingerprint density at radius 2 is 2.00 bits per heavy atom. The highest BCUT2D eigenvalue weighted by atomic mass is 16.5. The van der Waals surface area contributed by atoms with Crippen molar-refractivity contribution < 1.29 is 9.53 Å². The largest absolute Gasteiger partial charge is 0.497 e. The van der Waals surface area contributed by atoms with Crippen molar-refractivity contribution in [2.75, 3.05) is 13.7 Å². The van der Waals surface area contributed by atoms with Gasteiger partial charge in [-0.25, -0.2) is 0 Å². The molecule has 1 atom stereocenters. The van der Waals surface area contributed by atoms with Crippen LogP contribution in [0.4, 0.5) is 0 Å². The number of carbonyl (C=O) groups excluding carboxylic acids is 1. The van der Waals surface area contributed by atoms with E-state index in [1.165, 1.54) is 12.8 Å². The van der Waals surface area contributed by atoms with Gasteiger partial charge < -0.3 is 10.1 Å². The van der Waals surface area contributed by atoms with Crippen LogP contribution in [0.15, 0.2) is 24.3 Å². The van der Waals surface area contributed by atoms with Gasteiger partial charge in [0.2, 0.25) is 0 Å². The molecule has 0 amide bonds. The summed E-state index contributed by atoms with van der Waals surface area (Å²) in [4.78, 5) is 12.2. The molecule has 0 aromatic heterocycles. The average Bonchev–Trinajstić information content (AvgIpc) is 2.67. The monoisotopic (exact) mass is 233 g/mol. The van der Waals surface area contributed by atoms with E-state index < -0.39 is 0 Å². The predicted molar refractivity (Wildman–Crippen MR) is 67.6 cm³/mol. The summed E-state index contributed by atoms with van der Waals surface area (Å²) in [7, 11) is 1.63. The lowest BCUT2D eigenvalue weighted by Crippen LogP contribution is -2.35. The Kier molecular flexibility index (Phi) is 4.15. The van der Waals surface area contributed by atoms with Gasteiger partial charge in [-0.15, -0.1) is 0 Å². The van der Waals surface area contributed by atoms with Gasteiger partial charge in [-0.05, 0) is 43.7 Å². The topological polar surface area (TPSA) is 38.3 Å². The summed E-state index contributed by atoms with van der Waals surface area (Å²) in [5.74, 6) is 0.991. The molecule has 1 unspecified atom stereocenters. The van der Waals surface area contributed by atoms with E-state index in [1.54, 1.807) is 7.11 Å². The zero-order valence-electron chi connectivity index (χ0n) is 10.2. The SMILES string of the molecule is COc1ccc(C(=O)C2CCCCCN2)cc1. The molecule has 0 radical (unpaired) electrons. The van der Waals surface area contributed by atoms with E-state index in [0.717, 1.165) is 30.7 Å².